The van der Waals surface area contributed by atoms with E-state index in [1.165, 1.54) is 5.56 Å². The number of rotatable bonds is 3. The van der Waals surface area contributed by atoms with E-state index in [2.05, 4.69) is 37.0 Å². The molecule has 0 radical (unpaired) electrons. The van der Waals surface area contributed by atoms with Crippen molar-refractivity contribution in [3.63, 3.8) is 0 Å². The Labute approximate surface area is 175 Å². The molecule has 30 heavy (non-hydrogen) atoms. The quantitative estimate of drug-likeness (QED) is 0.801. The lowest BCUT2D eigenvalue weighted by Crippen LogP contribution is -2.41. The average Bonchev–Trinajstić information content (AvgIpc) is 3.40. The first-order valence-electron chi connectivity index (χ1n) is 10.7. The molecule has 1 aliphatic carbocycles. The molecule has 2 N–H and O–H groups in total. The molecule has 2 aromatic heterocycles. The first-order valence-corrected chi connectivity index (χ1v) is 10.7. The number of aromatic nitrogens is 4. The molecule has 158 valence electrons. The summed E-state index contributed by atoms with van der Waals surface area (Å²) in [6.45, 7) is 0.984. The summed E-state index contributed by atoms with van der Waals surface area (Å²) in [5.41, 5.74) is 7.50. The summed E-state index contributed by atoms with van der Waals surface area (Å²) in [5.74, 6) is 1.76. The largest absolute Gasteiger partial charge is 0.356 e. The van der Waals surface area contributed by atoms with Crippen LogP contribution in [0.4, 0.5) is 10.2 Å². The van der Waals surface area contributed by atoms with Gasteiger partial charge in [-0.2, -0.15) is 10.4 Å². The molecule has 0 amide bonds. The Morgan fingerprint density at radius 2 is 2.07 bits per heavy atom. The molecule has 3 aliphatic rings. The van der Waals surface area contributed by atoms with Gasteiger partial charge in [0.1, 0.15) is 18.2 Å². The Morgan fingerprint density at radius 3 is 2.80 bits per heavy atom. The number of nitrogens with one attached hydrogen (secondary N) is 2. The van der Waals surface area contributed by atoms with Crippen molar-refractivity contribution in [2.24, 2.45) is 13.0 Å². The zero-order valence-electron chi connectivity index (χ0n) is 17.1. The van der Waals surface area contributed by atoms with E-state index >= 15 is 0 Å². The van der Waals surface area contributed by atoms with Gasteiger partial charge in [-0.1, -0.05) is 0 Å². The van der Waals surface area contributed by atoms with Crippen LogP contribution in [0.15, 0.2) is 24.8 Å². The van der Waals surface area contributed by atoms with Crippen LogP contribution < -0.4 is 15.8 Å². The van der Waals surface area contributed by atoms with E-state index in [9.17, 15) is 4.39 Å². The predicted octanol–water partition coefficient (Wildman–Crippen LogP) is 2.14. The third-order valence-corrected chi connectivity index (χ3v) is 7.02. The summed E-state index contributed by atoms with van der Waals surface area (Å²) >= 11 is 0. The molecule has 4 heterocycles. The summed E-state index contributed by atoms with van der Waals surface area (Å²) in [5, 5.41) is 13.4. The minimum atomic E-state index is -1.71. The molecule has 1 saturated carbocycles. The Balaban J connectivity index is 1.32. The van der Waals surface area contributed by atoms with Crippen molar-refractivity contribution in [3.05, 3.63) is 36.0 Å². The van der Waals surface area contributed by atoms with E-state index in [1.54, 1.807) is 6.33 Å². The maximum absolute atomic E-state index is 14.2. The zero-order chi connectivity index (χ0) is 20.7. The third-order valence-electron chi connectivity index (χ3n) is 7.02. The second kappa shape index (κ2) is 7.60. The van der Waals surface area contributed by atoms with Crippen molar-refractivity contribution in [2.75, 3.05) is 18.0 Å². The number of aryl methyl sites for hydroxylation is 1. The predicted molar refractivity (Wildman–Crippen MR) is 109 cm³/mol. The fourth-order valence-corrected chi connectivity index (χ4v) is 5.21. The molecule has 3 fully saturated rings. The zero-order valence-corrected chi connectivity index (χ0v) is 17.1. The molecule has 9 heteroatoms. The number of halogens is 1. The van der Waals surface area contributed by atoms with Gasteiger partial charge in [-0.15, -0.1) is 0 Å². The standard InChI is InChI=1S/C21H27FN8/c1-29-11-15(10-26-29)14-2-3-17-16(8-14)20(28-27-17)18-9-19(25-13-24-18)30-6-4-21(22,12-23)5-7-30/h9-11,13-14,16-17,20,27-28H,2-8H2,1H3. The number of nitriles is 1. The first-order chi connectivity index (χ1) is 14.5. The van der Waals surface area contributed by atoms with Crippen LogP contribution >= 0.6 is 0 Å². The van der Waals surface area contributed by atoms with Crippen LogP contribution in [0.5, 0.6) is 0 Å². The number of hydrogen-bond donors (Lipinski definition) is 2. The fourth-order valence-electron chi connectivity index (χ4n) is 5.21. The normalized spacial score (nSPS) is 30.6. The second-order valence-electron chi connectivity index (χ2n) is 8.86. The lowest BCUT2D eigenvalue weighted by molar-refractivity contribution is 0.193. The van der Waals surface area contributed by atoms with Gasteiger partial charge in [-0.05, 0) is 36.7 Å². The summed E-state index contributed by atoms with van der Waals surface area (Å²) in [6.07, 6.45) is 9.49. The van der Waals surface area contributed by atoms with Crippen LogP contribution in [0.2, 0.25) is 0 Å². The Bertz CT molecular complexity index is 944. The molecule has 2 saturated heterocycles. The number of alkyl halides is 1. The molecular weight excluding hydrogens is 383 g/mol. The highest BCUT2D eigenvalue weighted by atomic mass is 19.1. The van der Waals surface area contributed by atoms with E-state index in [-0.39, 0.29) is 18.9 Å². The van der Waals surface area contributed by atoms with Crippen molar-refractivity contribution in [1.82, 2.24) is 30.6 Å². The highest BCUT2D eigenvalue weighted by Gasteiger charge is 2.42. The van der Waals surface area contributed by atoms with Gasteiger partial charge in [-0.25, -0.2) is 19.8 Å². The van der Waals surface area contributed by atoms with Crippen molar-refractivity contribution in [1.29, 1.82) is 5.26 Å². The van der Waals surface area contributed by atoms with Gasteiger partial charge in [0.05, 0.1) is 17.9 Å². The Kier molecular flexibility index (Phi) is 4.91. The molecule has 4 atom stereocenters. The van der Waals surface area contributed by atoms with Gasteiger partial charge in [-0.3, -0.25) is 10.1 Å². The number of nitrogens with zero attached hydrogens (tertiary/aromatic N) is 6. The Hall–Kier alpha value is -2.57. The van der Waals surface area contributed by atoms with Gasteiger partial charge < -0.3 is 4.90 Å². The number of fused-ring (bicyclic) bond motifs is 1. The number of hydrazine groups is 1. The number of hydrogen-bond acceptors (Lipinski definition) is 7. The van der Waals surface area contributed by atoms with Crippen LogP contribution in [-0.4, -0.2) is 44.5 Å². The molecule has 0 bridgehead atoms. The van der Waals surface area contributed by atoms with Gasteiger partial charge in [0.2, 0.25) is 0 Å². The highest BCUT2D eigenvalue weighted by Crippen LogP contribution is 2.44. The Morgan fingerprint density at radius 1 is 1.23 bits per heavy atom. The van der Waals surface area contributed by atoms with Gasteiger partial charge in [0, 0.05) is 51.3 Å². The summed E-state index contributed by atoms with van der Waals surface area (Å²) in [7, 11) is 1.96. The maximum atomic E-state index is 14.2. The molecule has 0 spiro atoms. The molecule has 8 nitrogen and oxygen atoms in total. The molecule has 2 aliphatic heterocycles. The summed E-state index contributed by atoms with van der Waals surface area (Å²) in [4.78, 5) is 11.1. The number of piperidine rings is 1. The minimum absolute atomic E-state index is 0.111. The van der Waals surface area contributed by atoms with E-state index in [1.807, 2.05) is 30.1 Å². The fraction of sp³-hybridized carbons (Fsp3) is 0.619. The molecule has 5 rings (SSSR count). The smallest absolute Gasteiger partial charge is 0.199 e. The lowest BCUT2D eigenvalue weighted by Gasteiger charge is -2.34. The topological polar surface area (TPSA) is 94.7 Å². The van der Waals surface area contributed by atoms with Crippen LogP contribution in [0, 0.1) is 17.2 Å². The van der Waals surface area contributed by atoms with E-state index in [4.69, 9.17) is 5.26 Å². The van der Waals surface area contributed by atoms with Crippen LogP contribution in [0.25, 0.3) is 0 Å². The summed E-state index contributed by atoms with van der Waals surface area (Å²) in [6, 6.07) is 4.37. The monoisotopic (exact) mass is 410 g/mol. The highest BCUT2D eigenvalue weighted by molar-refractivity contribution is 5.41. The molecule has 2 aromatic rings. The minimum Gasteiger partial charge on any atom is -0.356 e. The molecule has 0 aromatic carbocycles. The molecule has 4 unspecified atom stereocenters. The van der Waals surface area contributed by atoms with Crippen molar-refractivity contribution >= 4 is 5.82 Å². The van der Waals surface area contributed by atoms with Crippen LogP contribution in [0.3, 0.4) is 0 Å². The van der Waals surface area contributed by atoms with Crippen LogP contribution in [-0.2, 0) is 7.05 Å². The van der Waals surface area contributed by atoms with Gasteiger partial charge in [0.25, 0.3) is 0 Å². The van der Waals surface area contributed by atoms with Gasteiger partial charge >= 0.3 is 0 Å². The lowest BCUT2D eigenvalue weighted by atomic mass is 9.73. The van der Waals surface area contributed by atoms with Crippen LogP contribution in [0.1, 0.15) is 55.3 Å². The summed E-state index contributed by atoms with van der Waals surface area (Å²) < 4.78 is 16.1. The first kappa shape index (κ1) is 19.4. The number of anilines is 1. The molecular formula is C21H27FN8. The average molecular weight is 411 g/mol. The SMILES string of the molecule is Cn1cc(C2CCC3NNC(c4cc(N5CCC(F)(C#N)CC5)ncn4)C3C2)cn1. The van der Waals surface area contributed by atoms with Crippen molar-refractivity contribution in [2.45, 2.75) is 55.8 Å². The second-order valence-corrected chi connectivity index (χ2v) is 8.86. The van der Waals surface area contributed by atoms with Crippen molar-refractivity contribution < 1.29 is 4.39 Å². The third kappa shape index (κ3) is 3.55. The van der Waals surface area contributed by atoms with Crippen molar-refractivity contribution in [3.8, 4) is 6.07 Å². The van der Waals surface area contributed by atoms with E-state index in [0.717, 1.165) is 30.8 Å². The van der Waals surface area contributed by atoms with E-state index in [0.29, 0.717) is 31.0 Å². The van der Waals surface area contributed by atoms with E-state index < -0.39 is 5.67 Å². The maximum Gasteiger partial charge on any atom is 0.199 e. The van der Waals surface area contributed by atoms with Gasteiger partial charge in [0.15, 0.2) is 5.67 Å².